The molecule has 33 heavy (non-hydrogen) atoms. The van der Waals surface area contributed by atoms with Crippen LogP contribution in [0.5, 0.6) is 0 Å². The lowest BCUT2D eigenvalue weighted by Crippen LogP contribution is -2.11. The zero-order valence-electron chi connectivity index (χ0n) is 17.8. The molecular weight excluding hydrogens is 418 g/mol. The molecule has 0 amide bonds. The van der Waals surface area contributed by atoms with E-state index in [-0.39, 0.29) is 16.7 Å². The molecule has 0 N–H and O–H groups in total. The standard InChI is InChI=1S/C25H19N5O3/c1-14-24-23(21-11-26-13-33-21)27-12-29(24)19-7-6-15(25-9-16(25)10-25)8-18(19)22(28-14)17-4-2-3-5-20(17)30(31)32/h2-8,11-14,16H,9-10H2,1H3/t14-,16-,25+/m1/s1. The predicted molar refractivity (Wildman–Crippen MR) is 121 cm³/mol. The van der Waals surface area contributed by atoms with Crippen LogP contribution in [0.3, 0.4) is 0 Å². The highest BCUT2D eigenvalue weighted by atomic mass is 16.6. The minimum Gasteiger partial charge on any atom is -0.442 e. The summed E-state index contributed by atoms with van der Waals surface area (Å²) in [6.07, 6.45) is 7.25. The number of oxazole rings is 1. The SMILES string of the molecule is C[C@H]1N=C(c2ccccc2[N+](=O)[O-])c2cc([C@]34C[C@H]3C4)ccc2-n2cnc(-c3cnco3)c21. The molecule has 0 bridgehead atoms. The van der Waals surface area contributed by atoms with E-state index in [9.17, 15) is 10.1 Å². The fraction of sp³-hybridized carbons (Fsp3) is 0.240. The third kappa shape index (κ3) is 2.54. The number of nitrogens with zero attached hydrogens (tertiary/aromatic N) is 5. The lowest BCUT2D eigenvalue weighted by molar-refractivity contribution is -0.385. The van der Waals surface area contributed by atoms with Gasteiger partial charge >= 0.3 is 0 Å². The fourth-order valence-electron chi connectivity index (χ4n) is 5.26. The van der Waals surface area contributed by atoms with E-state index in [2.05, 4.69) is 28.2 Å². The zero-order valence-corrected chi connectivity index (χ0v) is 17.8. The lowest BCUT2D eigenvalue weighted by Gasteiger charge is -2.15. The first-order valence-corrected chi connectivity index (χ1v) is 11.0. The zero-order chi connectivity index (χ0) is 22.3. The molecule has 0 unspecified atom stereocenters. The lowest BCUT2D eigenvalue weighted by atomic mass is 9.94. The third-order valence-electron chi connectivity index (χ3n) is 7.31. The number of para-hydroxylation sites is 1. The first kappa shape index (κ1) is 18.5. The van der Waals surface area contributed by atoms with Crippen LogP contribution in [0.4, 0.5) is 5.69 Å². The predicted octanol–water partition coefficient (Wildman–Crippen LogP) is 5.01. The molecule has 1 aliphatic heterocycles. The molecule has 3 aliphatic rings. The smallest absolute Gasteiger partial charge is 0.278 e. The summed E-state index contributed by atoms with van der Waals surface area (Å²) in [6.45, 7) is 1.98. The molecule has 2 saturated carbocycles. The van der Waals surface area contributed by atoms with Crippen LogP contribution in [0.25, 0.3) is 17.1 Å². The summed E-state index contributed by atoms with van der Waals surface area (Å²) in [5, 5.41) is 11.9. The van der Waals surface area contributed by atoms with Gasteiger partial charge in [0.25, 0.3) is 5.69 Å². The van der Waals surface area contributed by atoms with Crippen molar-refractivity contribution in [1.82, 2.24) is 14.5 Å². The number of fused-ring (bicyclic) bond motifs is 4. The van der Waals surface area contributed by atoms with E-state index in [1.807, 2.05) is 17.6 Å². The van der Waals surface area contributed by atoms with Crippen LogP contribution in [-0.2, 0) is 5.41 Å². The van der Waals surface area contributed by atoms with Crippen LogP contribution in [0.2, 0.25) is 0 Å². The molecule has 8 heteroatoms. The van der Waals surface area contributed by atoms with Crippen LogP contribution >= 0.6 is 0 Å². The number of aromatic nitrogens is 3. The maximum Gasteiger partial charge on any atom is 0.278 e. The van der Waals surface area contributed by atoms with E-state index in [1.54, 1.807) is 24.7 Å². The molecule has 162 valence electrons. The summed E-state index contributed by atoms with van der Waals surface area (Å²) in [7, 11) is 0. The van der Waals surface area contributed by atoms with Gasteiger partial charge in [-0.15, -0.1) is 0 Å². The second-order valence-electron chi connectivity index (χ2n) is 9.14. The Hall–Kier alpha value is -4.07. The van der Waals surface area contributed by atoms with Gasteiger partial charge in [0.2, 0.25) is 0 Å². The molecule has 2 fully saturated rings. The first-order chi connectivity index (χ1) is 16.1. The number of nitro groups is 1. The Balaban J connectivity index is 1.51. The largest absolute Gasteiger partial charge is 0.442 e. The Bertz CT molecular complexity index is 1480. The highest BCUT2D eigenvalue weighted by Crippen LogP contribution is 2.75. The quantitative estimate of drug-likeness (QED) is 0.330. The molecule has 1 atom stereocenters. The topological polar surface area (TPSA) is 99.3 Å². The van der Waals surface area contributed by atoms with E-state index < -0.39 is 0 Å². The second kappa shape index (κ2) is 6.25. The van der Waals surface area contributed by atoms with Crippen LogP contribution in [0.1, 0.15) is 48.2 Å². The van der Waals surface area contributed by atoms with E-state index in [4.69, 9.17) is 9.41 Å². The summed E-state index contributed by atoms with van der Waals surface area (Å²) in [4.78, 5) is 25.3. The third-order valence-corrected chi connectivity index (χ3v) is 7.31. The van der Waals surface area contributed by atoms with Crippen LogP contribution < -0.4 is 0 Å². The highest BCUT2D eigenvalue weighted by molar-refractivity contribution is 6.17. The van der Waals surface area contributed by atoms with Crippen LogP contribution in [-0.4, -0.2) is 25.2 Å². The van der Waals surface area contributed by atoms with Crippen LogP contribution in [0.15, 0.2) is 70.8 Å². The van der Waals surface area contributed by atoms with Gasteiger partial charge in [-0.05, 0) is 54.9 Å². The minimum atomic E-state index is -0.338. The van der Waals surface area contributed by atoms with E-state index in [0.29, 0.717) is 28.1 Å². The number of nitro benzene ring substituents is 1. The van der Waals surface area contributed by atoms with Crippen molar-refractivity contribution < 1.29 is 9.34 Å². The number of aliphatic imine (C=N–C) groups is 1. The molecule has 0 spiro atoms. The Morgan fingerprint density at radius 2 is 2.00 bits per heavy atom. The van der Waals surface area contributed by atoms with Gasteiger partial charge in [-0.2, -0.15) is 0 Å². The first-order valence-electron chi connectivity index (χ1n) is 11.0. The van der Waals surface area contributed by atoms with Crippen molar-refractivity contribution in [3.8, 4) is 17.1 Å². The maximum atomic E-state index is 11.9. The number of imidazole rings is 1. The van der Waals surface area contributed by atoms with Gasteiger partial charge in [0.05, 0.1) is 39.8 Å². The van der Waals surface area contributed by atoms with Gasteiger partial charge in [0.1, 0.15) is 12.0 Å². The molecule has 4 aromatic rings. The second-order valence-corrected chi connectivity index (χ2v) is 9.14. The number of hydrogen-bond donors (Lipinski definition) is 0. The van der Waals surface area contributed by atoms with Gasteiger partial charge in [-0.25, -0.2) is 9.97 Å². The Morgan fingerprint density at radius 1 is 1.18 bits per heavy atom. The molecule has 8 nitrogen and oxygen atoms in total. The van der Waals surface area contributed by atoms with E-state index in [0.717, 1.165) is 22.9 Å². The average molecular weight is 437 g/mol. The summed E-state index contributed by atoms with van der Waals surface area (Å²) in [5.74, 6) is 1.35. The molecule has 3 heterocycles. The van der Waals surface area contributed by atoms with Gasteiger partial charge in [0.15, 0.2) is 12.2 Å². The fourth-order valence-corrected chi connectivity index (χ4v) is 5.26. The van der Waals surface area contributed by atoms with Crippen molar-refractivity contribution >= 4 is 11.4 Å². The van der Waals surface area contributed by atoms with Crippen molar-refractivity contribution in [1.29, 1.82) is 0 Å². The van der Waals surface area contributed by atoms with Gasteiger partial charge in [0, 0.05) is 11.6 Å². The molecule has 2 aliphatic carbocycles. The van der Waals surface area contributed by atoms with Crippen molar-refractivity contribution in [3.05, 3.63) is 93.9 Å². The molecule has 0 saturated heterocycles. The molecule has 7 rings (SSSR count). The Morgan fingerprint density at radius 3 is 2.73 bits per heavy atom. The Labute approximate surface area is 188 Å². The van der Waals surface area contributed by atoms with Crippen molar-refractivity contribution in [2.45, 2.75) is 31.2 Å². The molecule has 0 radical (unpaired) electrons. The van der Waals surface area contributed by atoms with Gasteiger partial charge in [-0.1, -0.05) is 18.2 Å². The van der Waals surface area contributed by atoms with Crippen LogP contribution in [0, 0.1) is 16.0 Å². The molecule has 2 aromatic heterocycles. The molecular formula is C25H19N5O3. The maximum absolute atomic E-state index is 11.9. The van der Waals surface area contributed by atoms with E-state index >= 15 is 0 Å². The summed E-state index contributed by atoms with van der Waals surface area (Å²) >= 11 is 0. The number of rotatable bonds is 4. The molecule has 2 aromatic carbocycles. The van der Waals surface area contributed by atoms with Crippen molar-refractivity contribution in [2.24, 2.45) is 10.9 Å². The minimum absolute atomic E-state index is 0.0499. The van der Waals surface area contributed by atoms with Gasteiger partial charge in [-0.3, -0.25) is 19.7 Å². The normalized spacial score (nSPS) is 24.2. The monoisotopic (exact) mass is 437 g/mol. The number of benzene rings is 2. The Kier molecular flexibility index (Phi) is 3.50. The summed E-state index contributed by atoms with van der Waals surface area (Å²) < 4.78 is 7.57. The highest BCUT2D eigenvalue weighted by Gasteiger charge is 2.70. The van der Waals surface area contributed by atoms with Crippen molar-refractivity contribution in [2.75, 3.05) is 0 Å². The summed E-state index contributed by atoms with van der Waals surface area (Å²) in [6, 6.07) is 13.0. The van der Waals surface area contributed by atoms with Crippen molar-refractivity contribution in [3.63, 3.8) is 0 Å². The van der Waals surface area contributed by atoms with Gasteiger partial charge < -0.3 is 4.42 Å². The number of hydrogen-bond acceptors (Lipinski definition) is 6. The summed E-state index contributed by atoms with van der Waals surface area (Å²) in [5.41, 5.74) is 6.14. The van der Waals surface area contributed by atoms with E-state index in [1.165, 1.54) is 30.9 Å². The average Bonchev–Trinajstić information content (AvgIpc) is 3.52.